The first-order valence-corrected chi connectivity index (χ1v) is 9.56. The number of hydrogen-bond acceptors (Lipinski definition) is 4. The van der Waals surface area contributed by atoms with E-state index in [0.717, 1.165) is 0 Å². The number of Topliss-reactive ketones (excluding diaryl/α,β-unsaturated/α-hetero) is 2. The molecule has 0 spiro atoms. The second kappa shape index (κ2) is 6.04. The van der Waals surface area contributed by atoms with Crippen LogP contribution in [0.25, 0.3) is 0 Å². The van der Waals surface area contributed by atoms with E-state index in [1.807, 2.05) is 0 Å². The summed E-state index contributed by atoms with van der Waals surface area (Å²) in [6.07, 6.45) is 0. The lowest BCUT2D eigenvalue weighted by Crippen LogP contribution is -2.13. The third-order valence-electron chi connectivity index (χ3n) is 4.56. The largest absolute Gasteiger partial charge is 0.293 e. The third-order valence-corrected chi connectivity index (χ3v) is 6.35. The van der Waals surface area contributed by atoms with Gasteiger partial charge >= 0.3 is 0 Å². The van der Waals surface area contributed by atoms with Crippen LogP contribution in [0.4, 0.5) is 0 Å². The van der Waals surface area contributed by atoms with Crippen LogP contribution in [-0.4, -0.2) is 20.0 Å². The van der Waals surface area contributed by atoms with E-state index in [1.165, 1.54) is 24.3 Å². The van der Waals surface area contributed by atoms with Gasteiger partial charge in [-0.25, -0.2) is 8.42 Å². The number of rotatable bonds is 3. The van der Waals surface area contributed by atoms with E-state index in [2.05, 4.69) is 0 Å². The minimum absolute atomic E-state index is 0.128. The zero-order valence-corrected chi connectivity index (χ0v) is 14.4. The molecular weight excluding hydrogens is 348 g/mol. The monoisotopic (exact) mass is 362 g/mol. The van der Waals surface area contributed by atoms with Gasteiger partial charge in [0.05, 0.1) is 9.79 Å². The Balaban J connectivity index is 1.70. The summed E-state index contributed by atoms with van der Waals surface area (Å²) in [7, 11) is -3.63. The van der Waals surface area contributed by atoms with Crippen molar-refractivity contribution in [2.75, 3.05) is 0 Å². The van der Waals surface area contributed by atoms with E-state index in [9.17, 15) is 18.0 Å². The quantitative estimate of drug-likeness (QED) is 0.667. The number of hydrogen-bond donors (Lipinski definition) is 0. The summed E-state index contributed by atoms with van der Waals surface area (Å²) in [5.74, 6) is -1.39. The molecule has 4 nitrogen and oxygen atoms in total. The van der Waals surface area contributed by atoms with Crippen LogP contribution in [0.15, 0.2) is 88.7 Å². The normalized spacial score (nSPS) is 14.5. The molecule has 0 N–H and O–H groups in total. The minimum Gasteiger partial charge on any atom is -0.293 e. The lowest BCUT2D eigenvalue weighted by molar-refractivity contribution is 0.0890. The van der Waals surface area contributed by atoms with Crippen LogP contribution < -0.4 is 0 Å². The Kier molecular flexibility index (Phi) is 3.81. The van der Waals surface area contributed by atoms with Gasteiger partial charge in [-0.15, -0.1) is 0 Å². The van der Waals surface area contributed by atoms with Crippen molar-refractivity contribution in [2.45, 2.75) is 15.7 Å². The summed E-state index contributed by atoms with van der Waals surface area (Å²) in [6.45, 7) is 0. The van der Waals surface area contributed by atoms with Crippen LogP contribution in [0, 0.1) is 0 Å². The van der Waals surface area contributed by atoms with Crippen LogP contribution in [0.1, 0.15) is 32.2 Å². The van der Waals surface area contributed by atoms with E-state index in [4.69, 9.17) is 0 Å². The highest BCUT2D eigenvalue weighted by Crippen LogP contribution is 2.34. The van der Waals surface area contributed by atoms with Crippen molar-refractivity contribution < 1.29 is 18.0 Å². The average Bonchev–Trinajstić information content (AvgIpc) is 2.94. The Hall–Kier alpha value is -3.05. The van der Waals surface area contributed by atoms with Gasteiger partial charge in [0.25, 0.3) is 0 Å². The van der Waals surface area contributed by atoms with Crippen molar-refractivity contribution in [1.82, 2.24) is 0 Å². The molecule has 0 saturated heterocycles. The second-order valence-corrected chi connectivity index (χ2v) is 8.04. The number of ketones is 2. The Bertz CT molecular complexity index is 1080. The van der Waals surface area contributed by atoms with E-state index in [1.54, 1.807) is 54.6 Å². The van der Waals surface area contributed by atoms with E-state index < -0.39 is 15.8 Å². The number of sulfone groups is 1. The van der Waals surface area contributed by atoms with Crippen LogP contribution in [0.5, 0.6) is 0 Å². The summed E-state index contributed by atoms with van der Waals surface area (Å²) in [4.78, 5) is 25.5. The molecule has 0 atom stereocenters. The molecule has 0 aromatic heterocycles. The maximum absolute atomic E-state index is 12.6. The first-order chi connectivity index (χ1) is 12.5. The molecule has 5 heteroatoms. The predicted octanol–water partition coefficient (Wildman–Crippen LogP) is 3.68. The van der Waals surface area contributed by atoms with Crippen molar-refractivity contribution >= 4 is 21.4 Å². The molecule has 1 aliphatic rings. The highest BCUT2D eigenvalue weighted by molar-refractivity contribution is 7.91. The van der Waals surface area contributed by atoms with Gasteiger partial charge in [0.15, 0.2) is 11.6 Å². The zero-order chi connectivity index (χ0) is 18.3. The highest BCUT2D eigenvalue weighted by Gasteiger charge is 2.39. The molecule has 128 valence electrons. The standard InChI is InChI=1S/C21H14O4S/c22-20-17-8-4-5-9-18(17)21(23)19(20)14-10-12-16(13-11-14)26(24,25)15-6-2-1-3-7-15/h1-13,19H. The fourth-order valence-electron chi connectivity index (χ4n) is 3.22. The van der Waals surface area contributed by atoms with Crippen molar-refractivity contribution in [3.05, 3.63) is 95.6 Å². The highest BCUT2D eigenvalue weighted by atomic mass is 32.2. The fraction of sp³-hybridized carbons (Fsp3) is 0.0476. The molecule has 0 aliphatic heterocycles. The third kappa shape index (κ3) is 2.48. The molecule has 3 aromatic carbocycles. The lowest BCUT2D eigenvalue weighted by Gasteiger charge is -2.09. The van der Waals surface area contributed by atoms with Crippen LogP contribution in [0.3, 0.4) is 0 Å². The first-order valence-electron chi connectivity index (χ1n) is 8.08. The molecule has 0 unspecified atom stereocenters. The summed E-state index contributed by atoms with van der Waals surface area (Å²) in [6, 6.07) is 20.8. The molecule has 0 heterocycles. The maximum Gasteiger partial charge on any atom is 0.206 e. The Morgan fingerprint density at radius 2 is 1.04 bits per heavy atom. The molecule has 0 radical (unpaired) electrons. The summed E-state index contributed by atoms with van der Waals surface area (Å²) in [5.41, 5.74) is 1.34. The zero-order valence-electron chi connectivity index (χ0n) is 13.6. The van der Waals surface area contributed by atoms with E-state index in [0.29, 0.717) is 16.7 Å². The van der Waals surface area contributed by atoms with Gasteiger partial charge in [0, 0.05) is 11.1 Å². The molecule has 1 aliphatic carbocycles. The first kappa shape index (κ1) is 16.4. The summed E-state index contributed by atoms with van der Waals surface area (Å²) >= 11 is 0. The van der Waals surface area contributed by atoms with Crippen LogP contribution in [-0.2, 0) is 9.84 Å². The molecule has 4 rings (SSSR count). The molecule has 3 aromatic rings. The number of benzene rings is 3. The molecule has 0 bridgehead atoms. The van der Waals surface area contributed by atoms with Gasteiger partial charge in [-0.05, 0) is 29.8 Å². The Morgan fingerprint density at radius 1 is 0.577 bits per heavy atom. The van der Waals surface area contributed by atoms with E-state index in [-0.39, 0.29) is 21.4 Å². The van der Waals surface area contributed by atoms with Gasteiger partial charge < -0.3 is 0 Å². The van der Waals surface area contributed by atoms with Gasteiger partial charge in [-0.3, -0.25) is 9.59 Å². The summed E-state index contributed by atoms with van der Waals surface area (Å²) in [5, 5.41) is 0. The van der Waals surface area contributed by atoms with Crippen molar-refractivity contribution in [1.29, 1.82) is 0 Å². The molecule has 0 saturated carbocycles. The molecular formula is C21H14O4S. The van der Waals surface area contributed by atoms with Gasteiger partial charge in [-0.1, -0.05) is 54.6 Å². The second-order valence-electron chi connectivity index (χ2n) is 6.09. The maximum atomic E-state index is 12.6. The average molecular weight is 362 g/mol. The lowest BCUT2D eigenvalue weighted by atomic mass is 9.94. The van der Waals surface area contributed by atoms with Crippen molar-refractivity contribution in [3.63, 3.8) is 0 Å². The summed E-state index contributed by atoms with van der Waals surface area (Å²) < 4.78 is 25.3. The smallest absolute Gasteiger partial charge is 0.206 e. The van der Waals surface area contributed by atoms with Crippen molar-refractivity contribution in [2.24, 2.45) is 0 Å². The fourth-order valence-corrected chi connectivity index (χ4v) is 4.50. The number of carbonyl (C=O) groups excluding carboxylic acids is 2. The van der Waals surface area contributed by atoms with Crippen molar-refractivity contribution in [3.8, 4) is 0 Å². The Labute approximate surface area is 151 Å². The predicted molar refractivity (Wildman–Crippen MR) is 96.2 cm³/mol. The topological polar surface area (TPSA) is 68.3 Å². The Morgan fingerprint density at radius 3 is 1.58 bits per heavy atom. The van der Waals surface area contributed by atoms with Gasteiger partial charge in [0.2, 0.25) is 9.84 Å². The number of fused-ring (bicyclic) bond motifs is 1. The van der Waals surface area contributed by atoms with E-state index >= 15 is 0 Å². The molecule has 26 heavy (non-hydrogen) atoms. The van der Waals surface area contributed by atoms with Crippen LogP contribution in [0.2, 0.25) is 0 Å². The molecule has 0 fully saturated rings. The van der Waals surface area contributed by atoms with Crippen LogP contribution >= 0.6 is 0 Å². The van der Waals surface area contributed by atoms with Gasteiger partial charge in [0.1, 0.15) is 5.92 Å². The number of carbonyl (C=O) groups is 2. The van der Waals surface area contributed by atoms with Gasteiger partial charge in [-0.2, -0.15) is 0 Å². The molecule has 0 amide bonds. The minimum atomic E-state index is -3.63. The SMILES string of the molecule is O=C1c2ccccc2C(=O)C1c1ccc(S(=O)(=O)c2ccccc2)cc1.